The molecule has 0 saturated heterocycles. The van der Waals surface area contributed by atoms with Crippen molar-refractivity contribution in [3.05, 3.63) is 12.0 Å². The first kappa shape index (κ1) is 16.1. The number of nitrogens with zero attached hydrogens (tertiary/aromatic N) is 3. The quantitative estimate of drug-likeness (QED) is 0.847. The summed E-state index contributed by atoms with van der Waals surface area (Å²) in [6, 6.07) is 0. The number of sulfonamides is 1. The highest BCUT2D eigenvalue weighted by Gasteiger charge is 2.30. The van der Waals surface area contributed by atoms with Gasteiger partial charge in [0.05, 0.1) is 5.60 Å². The molecule has 1 aromatic heterocycles. The van der Waals surface area contributed by atoms with Gasteiger partial charge in [0.1, 0.15) is 5.82 Å². The van der Waals surface area contributed by atoms with E-state index in [0.29, 0.717) is 18.9 Å². The monoisotopic (exact) mass is 289 g/mol. The maximum Gasteiger partial charge on any atom is 0.262 e. The number of aliphatic hydroxyl groups is 1. The molecule has 0 saturated carbocycles. The topological polar surface area (TPSA) is 75.4 Å². The summed E-state index contributed by atoms with van der Waals surface area (Å²) in [6.45, 7) is 9.63. The predicted molar refractivity (Wildman–Crippen MR) is 73.4 cm³/mol. The molecule has 1 aromatic rings. The average Bonchev–Trinajstić information content (AvgIpc) is 2.66. The Labute approximate surface area is 115 Å². The molecular weight excluding hydrogens is 266 g/mol. The van der Waals surface area contributed by atoms with Crippen molar-refractivity contribution >= 4 is 10.0 Å². The zero-order valence-electron chi connectivity index (χ0n) is 12.2. The van der Waals surface area contributed by atoms with Gasteiger partial charge in [-0.2, -0.15) is 4.31 Å². The molecule has 1 heterocycles. The van der Waals surface area contributed by atoms with E-state index in [-0.39, 0.29) is 11.6 Å². The van der Waals surface area contributed by atoms with Crippen molar-refractivity contribution in [1.82, 2.24) is 13.9 Å². The molecule has 7 heteroatoms. The second-order valence-electron chi connectivity index (χ2n) is 5.16. The van der Waals surface area contributed by atoms with Crippen molar-refractivity contribution < 1.29 is 13.5 Å². The predicted octanol–water partition coefficient (Wildman–Crippen LogP) is 0.993. The molecule has 110 valence electrons. The molecule has 1 N–H and O–H groups in total. The lowest BCUT2D eigenvalue weighted by Crippen LogP contribution is -2.42. The van der Waals surface area contributed by atoms with E-state index in [1.807, 2.05) is 6.92 Å². The number of aromatic nitrogens is 2. The summed E-state index contributed by atoms with van der Waals surface area (Å²) in [6.07, 6.45) is 1.54. The second kappa shape index (κ2) is 5.60. The molecule has 0 amide bonds. The number of likely N-dealkylation sites (N-methyl/N-ethyl adjacent to an activating group) is 1. The van der Waals surface area contributed by atoms with Gasteiger partial charge in [-0.15, -0.1) is 0 Å². The summed E-state index contributed by atoms with van der Waals surface area (Å²) in [4.78, 5) is 4.10. The van der Waals surface area contributed by atoms with Crippen molar-refractivity contribution in [3.8, 4) is 0 Å². The first-order valence-electron chi connectivity index (χ1n) is 6.38. The molecule has 0 bridgehead atoms. The van der Waals surface area contributed by atoms with E-state index in [1.165, 1.54) is 10.5 Å². The minimum atomic E-state index is -3.65. The molecule has 0 fully saturated rings. The smallest absolute Gasteiger partial charge is 0.262 e. The fraction of sp³-hybridized carbons (Fsp3) is 0.750. The fourth-order valence-electron chi connectivity index (χ4n) is 1.85. The third kappa shape index (κ3) is 3.77. The SMILES string of the molecule is CCN(CC(C)(C)O)S(=O)(=O)c1cn(CC)c(C)n1. The number of hydrogen-bond donors (Lipinski definition) is 1. The number of hydrogen-bond acceptors (Lipinski definition) is 4. The normalized spacial score (nSPS) is 13.2. The molecule has 1 rings (SSSR count). The minimum absolute atomic E-state index is 0.0398. The molecule has 19 heavy (non-hydrogen) atoms. The summed E-state index contributed by atoms with van der Waals surface area (Å²) in [5, 5.41) is 9.84. The third-order valence-corrected chi connectivity index (χ3v) is 4.61. The van der Waals surface area contributed by atoms with Gasteiger partial charge in [0.15, 0.2) is 5.03 Å². The zero-order chi connectivity index (χ0) is 14.8. The Kier molecular flexibility index (Phi) is 4.76. The van der Waals surface area contributed by atoms with Crippen LogP contribution in [0.4, 0.5) is 0 Å². The molecule has 0 aliphatic carbocycles. The summed E-state index contributed by atoms with van der Waals surface area (Å²) in [7, 11) is -3.65. The largest absolute Gasteiger partial charge is 0.389 e. The Bertz CT molecular complexity index is 529. The van der Waals surface area contributed by atoms with Gasteiger partial charge in [-0.05, 0) is 27.7 Å². The van der Waals surface area contributed by atoms with E-state index < -0.39 is 15.6 Å². The lowest BCUT2D eigenvalue weighted by Gasteiger charge is -2.26. The lowest BCUT2D eigenvalue weighted by molar-refractivity contribution is 0.0601. The molecule has 0 unspecified atom stereocenters. The first-order valence-corrected chi connectivity index (χ1v) is 7.82. The van der Waals surface area contributed by atoms with Crippen LogP contribution < -0.4 is 0 Å². The van der Waals surface area contributed by atoms with Crippen molar-refractivity contribution in [1.29, 1.82) is 0 Å². The van der Waals surface area contributed by atoms with Crippen molar-refractivity contribution in [2.75, 3.05) is 13.1 Å². The van der Waals surface area contributed by atoms with E-state index in [9.17, 15) is 13.5 Å². The van der Waals surface area contributed by atoms with Crippen LogP contribution in [0.2, 0.25) is 0 Å². The highest BCUT2D eigenvalue weighted by Crippen LogP contribution is 2.17. The Morgan fingerprint density at radius 2 is 2.00 bits per heavy atom. The highest BCUT2D eigenvalue weighted by molar-refractivity contribution is 7.89. The van der Waals surface area contributed by atoms with Crippen LogP contribution in [-0.2, 0) is 16.6 Å². The molecule has 0 aliphatic heterocycles. The fourth-order valence-corrected chi connectivity index (χ4v) is 3.45. The second-order valence-corrected chi connectivity index (χ2v) is 7.04. The summed E-state index contributed by atoms with van der Waals surface area (Å²) in [5.41, 5.74) is -1.08. The molecule has 6 nitrogen and oxygen atoms in total. The molecule has 0 spiro atoms. The number of imidazole rings is 1. The van der Waals surface area contributed by atoms with Crippen LogP contribution in [0.1, 0.15) is 33.5 Å². The molecular formula is C12H23N3O3S. The third-order valence-electron chi connectivity index (χ3n) is 2.81. The standard InChI is InChI=1S/C12H23N3O3S/c1-6-14-8-11(13-10(14)3)19(17,18)15(7-2)9-12(4,5)16/h8,16H,6-7,9H2,1-5H3. The maximum absolute atomic E-state index is 12.5. The van der Waals surface area contributed by atoms with Gasteiger partial charge >= 0.3 is 0 Å². The van der Waals surface area contributed by atoms with Gasteiger partial charge in [0, 0.05) is 25.8 Å². The lowest BCUT2D eigenvalue weighted by atomic mass is 10.1. The van der Waals surface area contributed by atoms with Crippen LogP contribution in [0.5, 0.6) is 0 Å². The van der Waals surface area contributed by atoms with Crippen LogP contribution in [0.25, 0.3) is 0 Å². The van der Waals surface area contributed by atoms with Crippen LogP contribution in [0, 0.1) is 6.92 Å². The van der Waals surface area contributed by atoms with E-state index >= 15 is 0 Å². The van der Waals surface area contributed by atoms with Crippen LogP contribution >= 0.6 is 0 Å². The Balaban J connectivity index is 3.13. The van der Waals surface area contributed by atoms with Crippen LogP contribution in [0.3, 0.4) is 0 Å². The van der Waals surface area contributed by atoms with E-state index in [4.69, 9.17) is 0 Å². The van der Waals surface area contributed by atoms with E-state index in [0.717, 1.165) is 0 Å². The van der Waals surface area contributed by atoms with Gasteiger partial charge in [0.2, 0.25) is 0 Å². The molecule has 0 aromatic carbocycles. The molecule has 0 radical (unpaired) electrons. The number of rotatable bonds is 6. The summed E-state index contributed by atoms with van der Waals surface area (Å²) >= 11 is 0. The summed E-state index contributed by atoms with van der Waals surface area (Å²) in [5.74, 6) is 0.667. The Morgan fingerprint density at radius 1 is 1.42 bits per heavy atom. The average molecular weight is 289 g/mol. The van der Waals surface area contributed by atoms with E-state index in [2.05, 4.69) is 4.98 Å². The maximum atomic E-state index is 12.5. The van der Waals surface area contributed by atoms with Gasteiger partial charge < -0.3 is 9.67 Å². The number of aryl methyl sites for hydroxylation is 2. The zero-order valence-corrected chi connectivity index (χ0v) is 13.0. The van der Waals surface area contributed by atoms with Gasteiger partial charge in [-0.25, -0.2) is 13.4 Å². The van der Waals surface area contributed by atoms with Crippen LogP contribution in [-0.4, -0.2) is 46.1 Å². The van der Waals surface area contributed by atoms with Crippen molar-refractivity contribution in [2.24, 2.45) is 0 Å². The summed E-state index contributed by atoms with van der Waals surface area (Å²) < 4.78 is 28.0. The van der Waals surface area contributed by atoms with Gasteiger partial charge in [-0.1, -0.05) is 6.92 Å². The van der Waals surface area contributed by atoms with Crippen molar-refractivity contribution in [3.63, 3.8) is 0 Å². The molecule has 0 atom stereocenters. The molecule has 0 aliphatic rings. The minimum Gasteiger partial charge on any atom is -0.389 e. The highest BCUT2D eigenvalue weighted by atomic mass is 32.2. The van der Waals surface area contributed by atoms with E-state index in [1.54, 1.807) is 32.3 Å². The Hall–Kier alpha value is -0.920. The van der Waals surface area contributed by atoms with Crippen LogP contribution in [0.15, 0.2) is 11.2 Å². The Morgan fingerprint density at radius 3 is 2.37 bits per heavy atom. The van der Waals surface area contributed by atoms with Crippen molar-refractivity contribution in [2.45, 2.75) is 51.8 Å². The van der Waals surface area contributed by atoms with Gasteiger partial charge in [-0.3, -0.25) is 0 Å². The first-order chi connectivity index (χ1) is 8.61. The van der Waals surface area contributed by atoms with Gasteiger partial charge in [0.25, 0.3) is 10.0 Å².